The maximum absolute atomic E-state index is 14.7. The Morgan fingerprint density at radius 2 is 1.71 bits per heavy atom. The van der Waals surface area contributed by atoms with Crippen molar-refractivity contribution in [2.75, 3.05) is 19.5 Å². The Bertz CT molecular complexity index is 1260. The minimum atomic E-state index is -2.31. The zero-order valence-corrected chi connectivity index (χ0v) is 21.1. The molecule has 0 aliphatic heterocycles. The van der Waals surface area contributed by atoms with Gasteiger partial charge in [0.05, 0.1) is 20.7 Å². The molecule has 2 N–H and O–H groups in total. The Labute approximate surface area is 201 Å². The highest BCUT2D eigenvalue weighted by atomic mass is 28.3. The van der Waals surface area contributed by atoms with E-state index in [4.69, 9.17) is 9.26 Å². The quantitative estimate of drug-likeness (QED) is 0.459. The third-order valence-electron chi connectivity index (χ3n) is 5.36. The molecule has 8 nitrogen and oxygen atoms in total. The second-order valence-corrected chi connectivity index (χ2v) is 14.1. The van der Waals surface area contributed by atoms with Crippen LogP contribution < -0.4 is 16.1 Å². The number of amides is 2. The summed E-state index contributed by atoms with van der Waals surface area (Å²) >= 11 is 0. The summed E-state index contributed by atoms with van der Waals surface area (Å²) in [6.45, 7) is 5.80. The van der Waals surface area contributed by atoms with E-state index in [0.29, 0.717) is 12.2 Å². The van der Waals surface area contributed by atoms with Gasteiger partial charge in [-0.3, -0.25) is 14.4 Å². The normalized spacial score (nSPS) is 12.3. The number of aromatic amines is 1. The topological polar surface area (TPSA) is 105 Å². The third kappa shape index (κ3) is 5.92. The van der Waals surface area contributed by atoms with Crippen LogP contribution in [0.4, 0.5) is 14.5 Å². The fourth-order valence-corrected chi connectivity index (χ4v) is 5.34. The lowest BCUT2D eigenvalue weighted by Crippen LogP contribution is -2.42. The van der Waals surface area contributed by atoms with Crippen molar-refractivity contribution in [3.8, 4) is 0 Å². The lowest BCUT2D eigenvalue weighted by atomic mass is 10.0. The molecule has 0 saturated heterocycles. The summed E-state index contributed by atoms with van der Waals surface area (Å²) in [7, 11) is 0.603. The second kappa shape index (κ2) is 10.4. The van der Waals surface area contributed by atoms with E-state index in [2.05, 4.69) is 5.32 Å². The summed E-state index contributed by atoms with van der Waals surface area (Å²) in [4.78, 5) is 38.8. The van der Waals surface area contributed by atoms with Gasteiger partial charge in [-0.05, 0) is 23.3 Å². The van der Waals surface area contributed by atoms with E-state index in [1.165, 1.54) is 7.05 Å². The standard InChI is InChI=1S/C24H27F2N3O5Si/c1-29(24(32)19-12-20(30)28-34-19)21(15-8-6-14(7-9-15)13-33-2)23(31)27-16-10-17(25)22(18(26)11-16)35(3,4)5/h6-12,21H,13H2,1-5H3,(H,27,31)(H,28,30). The Hall–Kier alpha value is -3.57. The van der Waals surface area contributed by atoms with Gasteiger partial charge in [0, 0.05) is 25.0 Å². The van der Waals surface area contributed by atoms with Gasteiger partial charge in [-0.1, -0.05) is 43.9 Å². The number of benzene rings is 2. The first kappa shape index (κ1) is 26.0. The molecular formula is C24H27F2N3O5Si. The molecule has 1 atom stereocenters. The van der Waals surface area contributed by atoms with Crippen molar-refractivity contribution < 1.29 is 27.6 Å². The molecule has 0 aliphatic rings. The summed E-state index contributed by atoms with van der Waals surface area (Å²) in [5, 5.41) is 4.58. The van der Waals surface area contributed by atoms with Gasteiger partial charge in [0.15, 0.2) is 0 Å². The molecule has 0 fully saturated rings. The fraction of sp³-hybridized carbons (Fsp3) is 0.292. The van der Waals surface area contributed by atoms with Crippen molar-refractivity contribution in [2.45, 2.75) is 32.3 Å². The van der Waals surface area contributed by atoms with Gasteiger partial charge in [-0.2, -0.15) is 5.16 Å². The van der Waals surface area contributed by atoms with Gasteiger partial charge in [0.1, 0.15) is 17.7 Å². The van der Waals surface area contributed by atoms with Gasteiger partial charge < -0.3 is 19.5 Å². The number of nitrogens with one attached hydrogen (secondary N) is 2. The molecule has 1 heterocycles. The highest BCUT2D eigenvalue weighted by Gasteiger charge is 2.32. The molecule has 0 bridgehead atoms. The lowest BCUT2D eigenvalue weighted by Gasteiger charge is -2.27. The predicted molar refractivity (Wildman–Crippen MR) is 129 cm³/mol. The SMILES string of the molecule is COCc1ccc(C(C(=O)Nc2cc(F)c([Si](C)(C)C)c(F)c2)N(C)C(=O)c2cc(=O)[nH]o2)cc1. The largest absolute Gasteiger partial charge is 0.380 e. The predicted octanol–water partition coefficient (Wildman–Crippen LogP) is 3.39. The van der Waals surface area contributed by atoms with Crippen molar-refractivity contribution in [3.63, 3.8) is 0 Å². The Morgan fingerprint density at radius 3 is 2.20 bits per heavy atom. The van der Waals surface area contributed by atoms with E-state index in [0.717, 1.165) is 28.7 Å². The monoisotopic (exact) mass is 503 g/mol. The number of hydrogen-bond donors (Lipinski definition) is 2. The lowest BCUT2D eigenvalue weighted by molar-refractivity contribution is -0.120. The third-order valence-corrected chi connectivity index (χ3v) is 7.33. The highest BCUT2D eigenvalue weighted by Crippen LogP contribution is 2.25. The molecular weight excluding hydrogens is 476 g/mol. The zero-order valence-electron chi connectivity index (χ0n) is 20.1. The number of carbonyl (C=O) groups is 2. The van der Waals surface area contributed by atoms with Crippen LogP contribution in [0, 0.1) is 11.6 Å². The first-order valence-electron chi connectivity index (χ1n) is 10.8. The van der Waals surface area contributed by atoms with Crippen LogP contribution in [0.1, 0.15) is 27.7 Å². The molecule has 2 aromatic carbocycles. The van der Waals surface area contributed by atoms with Gasteiger partial charge in [-0.25, -0.2) is 8.78 Å². The van der Waals surface area contributed by atoms with Crippen molar-refractivity contribution >= 4 is 30.8 Å². The number of methoxy groups -OCH3 is 1. The molecule has 0 radical (unpaired) electrons. The second-order valence-electron chi connectivity index (χ2n) is 9.12. The van der Waals surface area contributed by atoms with Crippen LogP contribution in [-0.2, 0) is 16.1 Å². The van der Waals surface area contributed by atoms with Gasteiger partial charge in [0.25, 0.3) is 17.4 Å². The Balaban J connectivity index is 1.97. The summed E-state index contributed by atoms with van der Waals surface area (Å²) in [5.41, 5.74) is 0.574. The molecule has 11 heteroatoms. The van der Waals surface area contributed by atoms with Crippen LogP contribution in [0.25, 0.3) is 0 Å². The highest BCUT2D eigenvalue weighted by molar-refractivity contribution is 6.88. The number of carbonyl (C=O) groups excluding carboxylic acids is 2. The smallest absolute Gasteiger partial charge is 0.293 e. The average Bonchev–Trinajstić information content (AvgIpc) is 3.19. The minimum absolute atomic E-state index is 0.0376. The summed E-state index contributed by atoms with van der Waals surface area (Å²) in [5.74, 6) is -3.21. The van der Waals surface area contributed by atoms with E-state index in [1.807, 2.05) is 24.8 Å². The molecule has 35 heavy (non-hydrogen) atoms. The van der Waals surface area contributed by atoms with Gasteiger partial charge in [-0.15, -0.1) is 0 Å². The van der Waals surface area contributed by atoms with E-state index in [9.17, 15) is 23.2 Å². The van der Waals surface area contributed by atoms with Crippen LogP contribution in [-0.4, -0.2) is 44.1 Å². The van der Waals surface area contributed by atoms with Gasteiger partial charge in [0.2, 0.25) is 5.76 Å². The van der Waals surface area contributed by atoms with E-state index in [-0.39, 0.29) is 16.6 Å². The van der Waals surface area contributed by atoms with Crippen molar-refractivity contribution in [1.82, 2.24) is 10.1 Å². The van der Waals surface area contributed by atoms with E-state index >= 15 is 0 Å². The maximum atomic E-state index is 14.7. The summed E-state index contributed by atoms with van der Waals surface area (Å²) < 4.78 is 39.4. The zero-order chi connectivity index (χ0) is 25.9. The van der Waals surface area contributed by atoms with Crippen LogP contribution in [0.15, 0.2) is 51.8 Å². The first-order valence-corrected chi connectivity index (χ1v) is 14.3. The van der Waals surface area contributed by atoms with Crippen LogP contribution in [0.3, 0.4) is 0 Å². The van der Waals surface area contributed by atoms with E-state index in [1.54, 1.807) is 31.4 Å². The Kier molecular flexibility index (Phi) is 7.71. The van der Waals surface area contributed by atoms with Crippen LogP contribution in [0.5, 0.6) is 0 Å². The molecule has 0 saturated carbocycles. The molecule has 3 rings (SSSR count). The van der Waals surface area contributed by atoms with Crippen molar-refractivity contribution in [3.05, 3.63) is 81.3 Å². The number of halogens is 2. The minimum Gasteiger partial charge on any atom is -0.380 e. The number of rotatable bonds is 8. The number of ether oxygens (including phenoxy) is 1. The fourth-order valence-electron chi connectivity index (χ4n) is 3.77. The molecule has 0 spiro atoms. The number of aromatic nitrogens is 1. The Morgan fingerprint density at radius 1 is 1.11 bits per heavy atom. The van der Waals surface area contributed by atoms with Crippen LogP contribution >= 0.6 is 0 Å². The molecule has 3 aromatic rings. The average molecular weight is 504 g/mol. The van der Waals surface area contributed by atoms with Crippen molar-refractivity contribution in [1.29, 1.82) is 0 Å². The van der Waals surface area contributed by atoms with Gasteiger partial charge >= 0.3 is 0 Å². The first-order chi connectivity index (χ1) is 16.4. The molecule has 186 valence electrons. The maximum Gasteiger partial charge on any atom is 0.293 e. The number of likely N-dealkylation sites (N-methyl/N-ethyl adjacent to an activating group) is 1. The van der Waals surface area contributed by atoms with Crippen LogP contribution in [0.2, 0.25) is 19.6 Å². The summed E-state index contributed by atoms with van der Waals surface area (Å²) in [6, 6.07) is 8.65. The molecule has 1 unspecified atom stereocenters. The molecule has 0 aliphatic carbocycles. The van der Waals surface area contributed by atoms with Crippen molar-refractivity contribution in [2.24, 2.45) is 0 Å². The van der Waals surface area contributed by atoms with E-state index < -0.39 is 43.1 Å². The molecule has 2 amide bonds. The number of anilines is 1. The number of hydrogen-bond acceptors (Lipinski definition) is 5. The number of H-pyrrole nitrogens is 1. The number of nitrogens with zero attached hydrogens (tertiary/aromatic N) is 1. The molecule has 1 aromatic heterocycles. The summed E-state index contributed by atoms with van der Waals surface area (Å²) in [6.07, 6.45) is 0.